The fraction of sp³-hybridized carbons (Fsp3) is 0.167. The standard InChI is InChI=1S/C6H3ClF3N/c7-5-3-1-2-4(11-5)6(8,9)10/h1-3H/i1D. The van der Waals surface area contributed by atoms with E-state index in [1.54, 1.807) is 0 Å². The maximum absolute atomic E-state index is 11.9. The molecule has 0 N–H and O–H groups in total. The molecule has 0 spiro atoms. The second-order valence-corrected chi connectivity index (χ2v) is 2.16. The Morgan fingerprint density at radius 3 is 2.55 bits per heavy atom. The maximum atomic E-state index is 11.9. The predicted molar refractivity (Wildman–Crippen MR) is 34.2 cm³/mol. The predicted octanol–water partition coefficient (Wildman–Crippen LogP) is 2.75. The summed E-state index contributed by atoms with van der Waals surface area (Å²) in [5, 5.41) is -0.324. The summed E-state index contributed by atoms with van der Waals surface area (Å²) >= 11 is 5.23. The van der Waals surface area contributed by atoms with E-state index in [9.17, 15) is 13.2 Å². The molecule has 0 saturated heterocycles. The number of halogens is 4. The summed E-state index contributed by atoms with van der Waals surface area (Å²) in [5.41, 5.74) is -1.14. The summed E-state index contributed by atoms with van der Waals surface area (Å²) in [4.78, 5) is 3.03. The molecule has 0 fully saturated rings. The molecule has 1 nitrogen and oxygen atoms in total. The molecule has 0 saturated carbocycles. The number of nitrogens with zero attached hydrogens (tertiary/aromatic N) is 1. The van der Waals surface area contributed by atoms with Crippen molar-refractivity contribution in [3.05, 3.63) is 29.0 Å². The van der Waals surface area contributed by atoms with Crippen LogP contribution in [0.15, 0.2) is 18.2 Å². The number of hydrogen-bond donors (Lipinski definition) is 0. The first-order chi connectivity index (χ1) is 5.39. The summed E-state index contributed by atoms with van der Waals surface area (Å²) < 4.78 is 42.8. The number of pyridine rings is 1. The minimum atomic E-state index is -4.54. The molecule has 0 aliphatic carbocycles. The lowest BCUT2D eigenvalue weighted by molar-refractivity contribution is -0.141. The number of alkyl halides is 3. The molecular formula is C6H3ClF3N. The van der Waals surface area contributed by atoms with E-state index in [2.05, 4.69) is 4.98 Å². The lowest BCUT2D eigenvalue weighted by Crippen LogP contribution is -2.07. The quantitative estimate of drug-likeness (QED) is 0.563. The number of aromatic nitrogens is 1. The molecule has 1 heterocycles. The van der Waals surface area contributed by atoms with Gasteiger partial charge in [0.1, 0.15) is 10.8 Å². The third-order valence-electron chi connectivity index (χ3n) is 0.940. The van der Waals surface area contributed by atoms with Gasteiger partial charge in [-0.2, -0.15) is 13.2 Å². The Morgan fingerprint density at radius 2 is 2.09 bits per heavy atom. The van der Waals surface area contributed by atoms with Crippen molar-refractivity contribution in [2.45, 2.75) is 6.18 Å². The normalized spacial score (nSPS) is 12.9. The second kappa shape index (κ2) is 2.70. The summed E-state index contributed by atoms with van der Waals surface area (Å²) in [6.07, 6.45) is -4.54. The van der Waals surface area contributed by atoms with E-state index in [1.165, 1.54) is 0 Å². The van der Waals surface area contributed by atoms with Crippen molar-refractivity contribution in [1.29, 1.82) is 0 Å². The molecular weight excluding hydrogens is 179 g/mol. The van der Waals surface area contributed by atoms with Gasteiger partial charge in [0.05, 0.1) is 1.37 Å². The summed E-state index contributed by atoms with van der Waals surface area (Å²) in [6.45, 7) is 0. The van der Waals surface area contributed by atoms with Crippen LogP contribution in [0, 0.1) is 0 Å². The van der Waals surface area contributed by atoms with Gasteiger partial charge in [-0.3, -0.25) is 0 Å². The van der Waals surface area contributed by atoms with Crippen molar-refractivity contribution >= 4 is 11.6 Å². The topological polar surface area (TPSA) is 12.9 Å². The molecule has 0 unspecified atom stereocenters. The van der Waals surface area contributed by atoms with Crippen LogP contribution in [-0.4, -0.2) is 4.98 Å². The molecule has 0 radical (unpaired) electrons. The molecule has 0 atom stereocenters. The van der Waals surface area contributed by atoms with E-state index in [0.29, 0.717) is 6.07 Å². The van der Waals surface area contributed by atoms with Crippen molar-refractivity contribution < 1.29 is 14.5 Å². The Kier molecular flexibility index (Phi) is 1.69. The van der Waals surface area contributed by atoms with Crippen LogP contribution in [0.2, 0.25) is 5.15 Å². The van der Waals surface area contributed by atoms with Gasteiger partial charge in [0, 0.05) is 0 Å². The van der Waals surface area contributed by atoms with E-state index in [4.69, 9.17) is 13.0 Å². The average Bonchev–Trinajstić information content (AvgIpc) is 1.82. The molecule has 0 aliphatic heterocycles. The SMILES string of the molecule is [2H]c1cc(Cl)nc(C(F)(F)F)c1. The number of rotatable bonds is 0. The first kappa shape index (κ1) is 6.91. The van der Waals surface area contributed by atoms with E-state index < -0.39 is 11.9 Å². The Balaban J connectivity index is 3.18. The van der Waals surface area contributed by atoms with Crippen LogP contribution in [0.3, 0.4) is 0 Å². The fourth-order valence-electron chi connectivity index (χ4n) is 0.514. The summed E-state index contributed by atoms with van der Waals surface area (Å²) in [5.74, 6) is 0. The molecule has 60 valence electrons. The van der Waals surface area contributed by atoms with Crippen LogP contribution >= 0.6 is 11.6 Å². The molecule has 1 aromatic rings. The molecule has 11 heavy (non-hydrogen) atoms. The Bertz CT molecular complexity index is 279. The minimum absolute atomic E-state index is 0.303. The van der Waals surface area contributed by atoms with Gasteiger partial charge < -0.3 is 0 Å². The Morgan fingerprint density at radius 1 is 1.45 bits per heavy atom. The van der Waals surface area contributed by atoms with Crippen molar-refractivity contribution in [2.24, 2.45) is 0 Å². The smallest absolute Gasteiger partial charge is 0.232 e. The monoisotopic (exact) mass is 182 g/mol. The number of hydrogen-bond acceptors (Lipinski definition) is 1. The molecule has 5 heteroatoms. The molecule has 1 aromatic heterocycles. The second-order valence-electron chi connectivity index (χ2n) is 1.77. The van der Waals surface area contributed by atoms with Crippen molar-refractivity contribution in [2.75, 3.05) is 0 Å². The van der Waals surface area contributed by atoms with Crippen LogP contribution in [0.25, 0.3) is 0 Å². The average molecular weight is 183 g/mol. The van der Waals surface area contributed by atoms with E-state index in [-0.39, 0.29) is 11.2 Å². The zero-order valence-corrected chi connectivity index (χ0v) is 5.87. The zero-order valence-electron chi connectivity index (χ0n) is 6.11. The van der Waals surface area contributed by atoms with Crippen LogP contribution < -0.4 is 0 Å². The van der Waals surface area contributed by atoms with E-state index in [1.807, 2.05) is 0 Å². The maximum Gasteiger partial charge on any atom is 0.433 e. The van der Waals surface area contributed by atoms with Gasteiger partial charge in [0.2, 0.25) is 0 Å². The summed E-state index contributed by atoms with van der Waals surface area (Å²) in [6, 6.07) is 1.35. The van der Waals surface area contributed by atoms with Gasteiger partial charge >= 0.3 is 6.18 Å². The van der Waals surface area contributed by atoms with Gasteiger partial charge in [-0.05, 0) is 12.1 Å². The summed E-state index contributed by atoms with van der Waals surface area (Å²) in [7, 11) is 0. The Hall–Kier alpha value is -0.770. The highest BCUT2D eigenvalue weighted by Gasteiger charge is 2.32. The molecule has 1 rings (SSSR count). The van der Waals surface area contributed by atoms with Crippen LogP contribution in [-0.2, 0) is 6.18 Å². The van der Waals surface area contributed by atoms with Crippen LogP contribution in [0.1, 0.15) is 7.06 Å². The van der Waals surface area contributed by atoms with E-state index in [0.717, 1.165) is 6.07 Å². The minimum Gasteiger partial charge on any atom is -0.232 e. The Labute approximate surface area is 67.2 Å². The third kappa shape index (κ3) is 2.08. The lowest BCUT2D eigenvalue weighted by atomic mass is 10.3. The zero-order chi connectivity index (χ0) is 9.35. The van der Waals surface area contributed by atoms with Crippen LogP contribution in [0.5, 0.6) is 0 Å². The first-order valence-electron chi connectivity index (χ1n) is 3.11. The van der Waals surface area contributed by atoms with Gasteiger partial charge in [-0.25, -0.2) is 4.98 Å². The fourth-order valence-corrected chi connectivity index (χ4v) is 0.668. The largest absolute Gasteiger partial charge is 0.433 e. The van der Waals surface area contributed by atoms with Crippen molar-refractivity contribution in [3.8, 4) is 0 Å². The van der Waals surface area contributed by atoms with Crippen molar-refractivity contribution in [3.63, 3.8) is 0 Å². The highest BCUT2D eigenvalue weighted by atomic mass is 35.5. The van der Waals surface area contributed by atoms with Gasteiger partial charge in [-0.1, -0.05) is 17.6 Å². The molecule has 0 aliphatic rings. The highest BCUT2D eigenvalue weighted by molar-refractivity contribution is 6.29. The van der Waals surface area contributed by atoms with Crippen molar-refractivity contribution in [1.82, 2.24) is 4.98 Å². The molecule has 0 bridgehead atoms. The third-order valence-corrected chi connectivity index (χ3v) is 1.13. The van der Waals surface area contributed by atoms with E-state index >= 15 is 0 Å². The highest BCUT2D eigenvalue weighted by Crippen LogP contribution is 2.27. The molecule has 0 amide bonds. The molecule has 0 aromatic carbocycles. The van der Waals surface area contributed by atoms with Gasteiger partial charge in [0.25, 0.3) is 0 Å². The lowest BCUT2D eigenvalue weighted by Gasteiger charge is -2.03. The first-order valence-corrected chi connectivity index (χ1v) is 2.99. The van der Waals surface area contributed by atoms with Gasteiger partial charge in [0.15, 0.2) is 0 Å². The van der Waals surface area contributed by atoms with Crippen LogP contribution in [0.4, 0.5) is 13.2 Å². The van der Waals surface area contributed by atoms with Gasteiger partial charge in [-0.15, -0.1) is 0 Å².